The molecule has 2 aromatic carbocycles. The molecule has 0 aliphatic heterocycles. The largest absolute Gasteiger partial charge is 0.416 e. The molecule has 120 valence electrons. The highest BCUT2D eigenvalue weighted by Crippen LogP contribution is 2.32. The summed E-state index contributed by atoms with van der Waals surface area (Å²) < 4.78 is 65.4. The minimum absolute atomic E-state index is 0.386. The molecular formula is C15H9BrF3NO2S. The summed E-state index contributed by atoms with van der Waals surface area (Å²) in [6.07, 6.45) is -3.28. The van der Waals surface area contributed by atoms with Crippen LogP contribution >= 0.6 is 15.9 Å². The van der Waals surface area contributed by atoms with E-state index in [1.807, 2.05) is 0 Å². The van der Waals surface area contributed by atoms with Gasteiger partial charge in [-0.1, -0.05) is 28.1 Å². The van der Waals surface area contributed by atoms with Crippen LogP contribution in [0.25, 0.3) is 10.9 Å². The Bertz CT molecular complexity index is 993. The van der Waals surface area contributed by atoms with Gasteiger partial charge in [-0.3, -0.25) is 0 Å². The fraction of sp³-hybridized carbons (Fsp3) is 0.0667. The number of alkyl halides is 3. The van der Waals surface area contributed by atoms with Gasteiger partial charge in [-0.15, -0.1) is 0 Å². The Hall–Kier alpha value is -1.80. The van der Waals surface area contributed by atoms with Gasteiger partial charge in [0.2, 0.25) is 0 Å². The molecule has 0 unspecified atom stereocenters. The summed E-state index contributed by atoms with van der Waals surface area (Å²) in [6.45, 7) is 0. The molecule has 0 aliphatic carbocycles. The molecule has 0 radical (unpaired) electrons. The first-order valence-corrected chi connectivity index (χ1v) is 8.62. The minimum Gasteiger partial charge on any atom is -0.241 e. The Balaban J connectivity index is 2.20. The zero-order valence-electron chi connectivity index (χ0n) is 11.4. The molecule has 0 N–H and O–H groups in total. The number of fused-ring (bicyclic) bond motifs is 1. The summed E-state index contributed by atoms with van der Waals surface area (Å²) in [5.74, 6) is 0. The van der Waals surface area contributed by atoms with E-state index in [0.717, 1.165) is 22.2 Å². The van der Waals surface area contributed by atoms with Crippen molar-refractivity contribution in [1.82, 2.24) is 3.97 Å². The summed E-state index contributed by atoms with van der Waals surface area (Å²) in [4.78, 5) is -0.412. The lowest BCUT2D eigenvalue weighted by Gasteiger charge is -2.11. The minimum atomic E-state index is -4.60. The Morgan fingerprint density at radius 2 is 1.74 bits per heavy atom. The van der Waals surface area contributed by atoms with Crippen molar-refractivity contribution in [2.24, 2.45) is 0 Å². The maximum atomic E-state index is 12.8. The highest BCUT2D eigenvalue weighted by atomic mass is 79.9. The van der Waals surface area contributed by atoms with E-state index in [9.17, 15) is 21.6 Å². The third-order valence-corrected chi connectivity index (χ3v) is 5.52. The second-order valence-corrected chi connectivity index (χ2v) is 7.58. The van der Waals surface area contributed by atoms with E-state index in [-0.39, 0.29) is 0 Å². The van der Waals surface area contributed by atoms with E-state index >= 15 is 0 Å². The highest BCUT2D eigenvalue weighted by Gasteiger charge is 2.32. The van der Waals surface area contributed by atoms with Crippen LogP contribution in [0, 0.1) is 0 Å². The standard InChI is InChI=1S/C15H9BrF3NO2S/c16-12-5-4-10-6-7-20(14(10)9-12)23(21,22)13-3-1-2-11(8-13)15(17,18)19/h1-9H. The topological polar surface area (TPSA) is 39.1 Å². The van der Waals surface area contributed by atoms with Crippen molar-refractivity contribution in [3.05, 3.63) is 64.8 Å². The number of nitrogens with zero attached hydrogens (tertiary/aromatic N) is 1. The van der Waals surface area contributed by atoms with Crippen LogP contribution in [-0.4, -0.2) is 12.4 Å². The van der Waals surface area contributed by atoms with Gasteiger partial charge >= 0.3 is 6.18 Å². The average molecular weight is 404 g/mol. The Kier molecular flexibility index (Phi) is 3.76. The molecule has 3 aromatic rings. The summed E-state index contributed by atoms with van der Waals surface area (Å²) in [5.41, 5.74) is -0.618. The first kappa shape index (κ1) is 16.1. The summed E-state index contributed by atoms with van der Waals surface area (Å²) in [7, 11) is -4.13. The van der Waals surface area contributed by atoms with Crippen LogP contribution in [0.5, 0.6) is 0 Å². The van der Waals surface area contributed by atoms with Crippen LogP contribution in [0.3, 0.4) is 0 Å². The summed E-state index contributed by atoms with van der Waals surface area (Å²) in [5, 5.41) is 0.670. The molecule has 23 heavy (non-hydrogen) atoms. The number of benzene rings is 2. The smallest absolute Gasteiger partial charge is 0.241 e. The molecule has 0 bridgehead atoms. The van der Waals surface area contributed by atoms with Crippen LogP contribution in [0.4, 0.5) is 13.2 Å². The monoisotopic (exact) mass is 403 g/mol. The van der Waals surface area contributed by atoms with Gasteiger partial charge in [0.25, 0.3) is 10.0 Å². The zero-order valence-corrected chi connectivity index (χ0v) is 13.8. The quantitative estimate of drug-likeness (QED) is 0.624. The van der Waals surface area contributed by atoms with Gasteiger partial charge in [-0.2, -0.15) is 13.2 Å². The third-order valence-electron chi connectivity index (χ3n) is 3.34. The summed E-state index contributed by atoms with van der Waals surface area (Å²) >= 11 is 3.26. The number of halogens is 4. The average Bonchev–Trinajstić information content (AvgIpc) is 2.90. The molecule has 0 fully saturated rings. The fourth-order valence-electron chi connectivity index (χ4n) is 2.23. The first-order valence-electron chi connectivity index (χ1n) is 6.39. The Labute approximate surface area is 138 Å². The third kappa shape index (κ3) is 2.88. The van der Waals surface area contributed by atoms with Crippen molar-refractivity contribution < 1.29 is 21.6 Å². The maximum Gasteiger partial charge on any atom is 0.416 e. The van der Waals surface area contributed by atoms with Crippen molar-refractivity contribution in [3.63, 3.8) is 0 Å². The lowest BCUT2D eigenvalue weighted by Crippen LogP contribution is -2.13. The van der Waals surface area contributed by atoms with Crippen LogP contribution in [0.2, 0.25) is 0 Å². The normalized spacial score (nSPS) is 12.7. The molecule has 0 saturated heterocycles. The van der Waals surface area contributed by atoms with Crippen molar-refractivity contribution in [2.45, 2.75) is 11.1 Å². The summed E-state index contributed by atoms with van der Waals surface area (Å²) in [6, 6.07) is 10.4. The maximum absolute atomic E-state index is 12.8. The molecule has 0 spiro atoms. The zero-order chi connectivity index (χ0) is 16.8. The predicted octanol–water partition coefficient (Wildman–Crippen LogP) is 4.66. The van der Waals surface area contributed by atoms with Crippen LogP contribution in [0.1, 0.15) is 5.56 Å². The lowest BCUT2D eigenvalue weighted by atomic mass is 10.2. The van der Waals surface area contributed by atoms with Crippen LogP contribution in [0.15, 0.2) is 64.1 Å². The van der Waals surface area contributed by atoms with E-state index in [4.69, 9.17) is 0 Å². The first-order chi connectivity index (χ1) is 10.7. The van der Waals surface area contributed by atoms with E-state index in [2.05, 4.69) is 15.9 Å². The number of hydrogen-bond acceptors (Lipinski definition) is 2. The Morgan fingerprint density at radius 1 is 1.00 bits per heavy atom. The van der Waals surface area contributed by atoms with Gasteiger partial charge in [0.15, 0.2) is 0 Å². The molecule has 8 heteroatoms. The van der Waals surface area contributed by atoms with E-state index in [1.165, 1.54) is 6.20 Å². The molecule has 0 aliphatic rings. The number of aromatic nitrogens is 1. The van der Waals surface area contributed by atoms with Gasteiger partial charge in [0, 0.05) is 16.1 Å². The second-order valence-electron chi connectivity index (χ2n) is 4.85. The molecule has 3 rings (SSSR count). The second kappa shape index (κ2) is 5.38. The predicted molar refractivity (Wildman–Crippen MR) is 83.7 cm³/mol. The van der Waals surface area contributed by atoms with Crippen molar-refractivity contribution in [3.8, 4) is 0 Å². The van der Waals surface area contributed by atoms with Gasteiger partial charge < -0.3 is 0 Å². The van der Waals surface area contributed by atoms with Gasteiger partial charge in [-0.05, 0) is 36.4 Å². The Morgan fingerprint density at radius 3 is 2.43 bits per heavy atom. The van der Waals surface area contributed by atoms with E-state index in [1.54, 1.807) is 24.3 Å². The van der Waals surface area contributed by atoms with Crippen molar-refractivity contribution in [1.29, 1.82) is 0 Å². The van der Waals surface area contributed by atoms with Gasteiger partial charge in [-0.25, -0.2) is 12.4 Å². The van der Waals surface area contributed by atoms with Crippen LogP contribution in [-0.2, 0) is 16.2 Å². The van der Waals surface area contributed by atoms with Gasteiger partial charge in [0.05, 0.1) is 16.0 Å². The van der Waals surface area contributed by atoms with Crippen LogP contribution < -0.4 is 0 Å². The van der Waals surface area contributed by atoms with Crippen molar-refractivity contribution >= 4 is 36.9 Å². The molecule has 3 nitrogen and oxygen atoms in total. The number of rotatable bonds is 2. The SMILES string of the molecule is O=S(=O)(c1cccc(C(F)(F)F)c1)n1ccc2ccc(Br)cc21. The fourth-order valence-corrected chi connectivity index (χ4v) is 3.97. The molecule has 0 amide bonds. The molecule has 0 saturated carbocycles. The number of hydrogen-bond donors (Lipinski definition) is 0. The molecule has 0 atom stereocenters. The highest BCUT2D eigenvalue weighted by molar-refractivity contribution is 9.10. The lowest BCUT2D eigenvalue weighted by molar-refractivity contribution is -0.137. The molecular weight excluding hydrogens is 395 g/mol. The van der Waals surface area contributed by atoms with E-state index in [0.29, 0.717) is 21.4 Å². The van der Waals surface area contributed by atoms with Gasteiger partial charge in [0.1, 0.15) is 0 Å². The molecule has 1 heterocycles. The van der Waals surface area contributed by atoms with Crippen molar-refractivity contribution in [2.75, 3.05) is 0 Å². The van der Waals surface area contributed by atoms with E-state index < -0.39 is 26.7 Å². The molecule has 1 aromatic heterocycles.